The molecule has 7 nitrogen and oxygen atoms in total. The molecule has 2 aromatic rings. The molecule has 1 heterocycles. The monoisotopic (exact) mass is 355 g/mol. The summed E-state index contributed by atoms with van der Waals surface area (Å²) in [6.45, 7) is 2.56. The predicted molar refractivity (Wildman–Crippen MR) is 98.2 cm³/mol. The number of nitro benzene ring substituents is 1. The topological polar surface area (TPSA) is 86.9 Å². The summed E-state index contributed by atoms with van der Waals surface area (Å²) < 4.78 is 0. The maximum atomic E-state index is 11.4. The molecule has 2 aromatic carbocycles. The lowest BCUT2D eigenvalue weighted by Crippen LogP contribution is -2.53. The normalized spacial score (nSPS) is 17.8. The predicted octanol–water partition coefficient (Wildman–Crippen LogP) is 2.76. The van der Waals surface area contributed by atoms with Crippen LogP contribution in [0.4, 0.5) is 11.4 Å². The maximum Gasteiger partial charge on any atom is 0.305 e. The molecule has 1 N–H and O–H groups in total. The van der Waals surface area contributed by atoms with Gasteiger partial charge in [0.15, 0.2) is 0 Å². The van der Waals surface area contributed by atoms with Gasteiger partial charge in [-0.15, -0.1) is 0 Å². The van der Waals surface area contributed by atoms with E-state index in [1.54, 1.807) is 18.2 Å². The Morgan fingerprint density at radius 1 is 1.12 bits per heavy atom. The van der Waals surface area contributed by atoms with Crippen LogP contribution in [0.1, 0.15) is 12.0 Å². The number of rotatable bonds is 6. The Bertz CT molecular complexity index is 781. The number of carbonyl (C=O) groups is 1. The number of nitrogens with zero attached hydrogens (tertiary/aromatic N) is 3. The lowest BCUT2D eigenvalue weighted by Gasteiger charge is -2.42. The smallest absolute Gasteiger partial charge is 0.305 e. The average molecular weight is 355 g/mol. The molecule has 0 spiro atoms. The number of nitro groups is 1. The maximum absolute atomic E-state index is 11.4. The van der Waals surface area contributed by atoms with Crippen molar-refractivity contribution < 1.29 is 14.8 Å². The van der Waals surface area contributed by atoms with Crippen molar-refractivity contribution in [2.75, 3.05) is 24.5 Å². The minimum atomic E-state index is -0.903. The van der Waals surface area contributed by atoms with Crippen LogP contribution in [-0.2, 0) is 11.3 Å². The first kappa shape index (κ1) is 17.9. The van der Waals surface area contributed by atoms with Crippen LogP contribution >= 0.6 is 0 Å². The van der Waals surface area contributed by atoms with E-state index in [9.17, 15) is 20.0 Å². The fourth-order valence-corrected chi connectivity index (χ4v) is 3.46. The largest absolute Gasteiger partial charge is 0.481 e. The van der Waals surface area contributed by atoms with Crippen molar-refractivity contribution in [1.82, 2.24) is 4.90 Å². The Balaban J connectivity index is 1.81. The number of carboxylic acid groups (broad SMARTS) is 1. The number of hydrogen-bond donors (Lipinski definition) is 1. The Kier molecular flexibility index (Phi) is 5.48. The van der Waals surface area contributed by atoms with E-state index in [1.165, 1.54) is 11.6 Å². The molecule has 0 aliphatic carbocycles. The molecule has 0 aromatic heterocycles. The second-order valence-corrected chi connectivity index (χ2v) is 6.41. The summed E-state index contributed by atoms with van der Waals surface area (Å²) in [7, 11) is 0. The van der Waals surface area contributed by atoms with Gasteiger partial charge >= 0.3 is 5.97 Å². The summed E-state index contributed by atoms with van der Waals surface area (Å²) in [5.74, 6) is -0.903. The summed E-state index contributed by atoms with van der Waals surface area (Å²) in [5.41, 5.74) is 1.67. The van der Waals surface area contributed by atoms with Crippen LogP contribution < -0.4 is 4.90 Å². The quantitative estimate of drug-likeness (QED) is 0.633. The van der Waals surface area contributed by atoms with Gasteiger partial charge in [0.1, 0.15) is 5.69 Å². The highest BCUT2D eigenvalue weighted by Crippen LogP contribution is 2.31. The second kappa shape index (κ2) is 7.97. The van der Waals surface area contributed by atoms with Crippen LogP contribution in [0, 0.1) is 10.1 Å². The SMILES string of the molecule is O=C(O)CC1CN(Cc2ccccc2)CCN1c1ccccc1[N+](=O)[O-]. The van der Waals surface area contributed by atoms with Gasteiger partial charge in [0.25, 0.3) is 5.69 Å². The van der Waals surface area contributed by atoms with Gasteiger partial charge in [-0.2, -0.15) is 0 Å². The van der Waals surface area contributed by atoms with Crippen LogP contribution in [0.2, 0.25) is 0 Å². The number of anilines is 1. The summed E-state index contributed by atoms with van der Waals surface area (Å²) >= 11 is 0. The van der Waals surface area contributed by atoms with Crippen LogP contribution in [0.5, 0.6) is 0 Å². The Hall–Kier alpha value is -2.93. The van der Waals surface area contributed by atoms with E-state index in [-0.39, 0.29) is 18.2 Å². The fourth-order valence-electron chi connectivity index (χ4n) is 3.46. The van der Waals surface area contributed by atoms with E-state index in [4.69, 9.17) is 0 Å². The van der Waals surface area contributed by atoms with Crippen molar-refractivity contribution in [2.45, 2.75) is 19.0 Å². The molecular formula is C19H21N3O4. The molecule has 7 heteroatoms. The van der Waals surface area contributed by atoms with Crippen LogP contribution in [-0.4, -0.2) is 46.6 Å². The first-order chi connectivity index (χ1) is 12.5. The summed E-state index contributed by atoms with van der Waals surface area (Å²) in [5, 5.41) is 20.7. The van der Waals surface area contributed by atoms with Gasteiger partial charge in [0.2, 0.25) is 0 Å². The highest BCUT2D eigenvalue weighted by Gasteiger charge is 2.32. The molecule has 0 bridgehead atoms. The van der Waals surface area contributed by atoms with Crippen molar-refractivity contribution in [3.8, 4) is 0 Å². The van der Waals surface area contributed by atoms with Gasteiger partial charge in [-0.25, -0.2) is 0 Å². The zero-order valence-electron chi connectivity index (χ0n) is 14.3. The minimum absolute atomic E-state index is 0.0133. The van der Waals surface area contributed by atoms with E-state index >= 15 is 0 Å². The van der Waals surface area contributed by atoms with Crippen LogP contribution in [0.3, 0.4) is 0 Å². The fraction of sp³-hybridized carbons (Fsp3) is 0.316. The zero-order valence-corrected chi connectivity index (χ0v) is 14.3. The molecule has 0 saturated carbocycles. The highest BCUT2D eigenvalue weighted by molar-refractivity contribution is 5.70. The van der Waals surface area contributed by atoms with Crippen molar-refractivity contribution in [3.05, 3.63) is 70.3 Å². The third kappa shape index (κ3) is 4.18. The molecule has 1 fully saturated rings. The van der Waals surface area contributed by atoms with E-state index in [0.29, 0.717) is 18.8 Å². The third-order valence-electron chi connectivity index (χ3n) is 4.61. The van der Waals surface area contributed by atoms with E-state index in [1.807, 2.05) is 35.2 Å². The minimum Gasteiger partial charge on any atom is -0.481 e. The number of aliphatic carboxylic acids is 1. The van der Waals surface area contributed by atoms with E-state index in [0.717, 1.165) is 13.1 Å². The summed E-state index contributed by atoms with van der Waals surface area (Å²) in [4.78, 5) is 26.4. The molecule has 1 unspecified atom stereocenters. The Morgan fingerprint density at radius 2 is 1.81 bits per heavy atom. The van der Waals surface area contributed by atoms with E-state index < -0.39 is 10.9 Å². The molecule has 1 saturated heterocycles. The van der Waals surface area contributed by atoms with Gasteiger partial charge in [-0.1, -0.05) is 42.5 Å². The number of hydrogen-bond acceptors (Lipinski definition) is 5. The van der Waals surface area contributed by atoms with Crippen molar-refractivity contribution in [3.63, 3.8) is 0 Å². The van der Waals surface area contributed by atoms with Gasteiger partial charge in [-0.05, 0) is 11.6 Å². The van der Waals surface area contributed by atoms with Crippen molar-refractivity contribution >= 4 is 17.3 Å². The first-order valence-corrected chi connectivity index (χ1v) is 8.52. The van der Waals surface area contributed by atoms with Gasteiger partial charge in [-0.3, -0.25) is 19.8 Å². The molecule has 3 rings (SSSR count). The number of carboxylic acids is 1. The lowest BCUT2D eigenvalue weighted by atomic mass is 10.1. The second-order valence-electron chi connectivity index (χ2n) is 6.41. The summed E-state index contributed by atoms with van der Waals surface area (Å²) in [6, 6.07) is 16.2. The molecule has 0 radical (unpaired) electrons. The number of piperazine rings is 1. The first-order valence-electron chi connectivity index (χ1n) is 8.52. The molecule has 1 aliphatic heterocycles. The van der Waals surface area contributed by atoms with Gasteiger partial charge < -0.3 is 10.0 Å². The van der Waals surface area contributed by atoms with Crippen LogP contribution in [0.25, 0.3) is 0 Å². The Morgan fingerprint density at radius 3 is 2.50 bits per heavy atom. The lowest BCUT2D eigenvalue weighted by molar-refractivity contribution is -0.384. The molecule has 0 amide bonds. The molecule has 1 atom stereocenters. The van der Waals surface area contributed by atoms with Gasteiger partial charge in [0, 0.05) is 32.2 Å². The van der Waals surface area contributed by atoms with Crippen LogP contribution in [0.15, 0.2) is 54.6 Å². The Labute approximate surface area is 151 Å². The standard InChI is InChI=1S/C19H21N3O4/c23-19(24)12-16-14-20(13-15-6-2-1-3-7-15)10-11-21(16)17-8-4-5-9-18(17)22(25)26/h1-9,16H,10-14H2,(H,23,24). The number of benzene rings is 2. The zero-order chi connectivity index (χ0) is 18.5. The molecule has 26 heavy (non-hydrogen) atoms. The highest BCUT2D eigenvalue weighted by atomic mass is 16.6. The van der Waals surface area contributed by atoms with Crippen molar-refractivity contribution in [2.24, 2.45) is 0 Å². The summed E-state index contributed by atoms with van der Waals surface area (Å²) in [6.07, 6.45) is -0.0582. The molecule has 1 aliphatic rings. The van der Waals surface area contributed by atoms with Gasteiger partial charge in [0.05, 0.1) is 17.4 Å². The van der Waals surface area contributed by atoms with Crippen molar-refractivity contribution in [1.29, 1.82) is 0 Å². The molecule has 136 valence electrons. The number of para-hydroxylation sites is 2. The average Bonchev–Trinajstić information content (AvgIpc) is 2.62. The molecular weight excluding hydrogens is 334 g/mol. The third-order valence-corrected chi connectivity index (χ3v) is 4.61. The van der Waals surface area contributed by atoms with E-state index in [2.05, 4.69) is 4.90 Å².